The molecule has 0 spiro atoms. The fourth-order valence-electron chi connectivity index (χ4n) is 6.90. The van der Waals surface area contributed by atoms with E-state index in [1.807, 2.05) is 0 Å². The first-order valence-electron chi connectivity index (χ1n) is 22.5. The Kier molecular flexibility index (Phi) is 23.2. The zero-order valence-electron chi connectivity index (χ0n) is 38.5. The molecule has 3 aromatic rings. The van der Waals surface area contributed by atoms with E-state index in [-0.39, 0.29) is 113 Å². The zero-order valence-corrected chi connectivity index (χ0v) is 38.5. The number of phenols is 6. The van der Waals surface area contributed by atoms with Crippen LogP contribution in [0.1, 0.15) is 69.6 Å². The lowest BCUT2D eigenvalue weighted by Gasteiger charge is -2.45. The highest BCUT2D eigenvalue weighted by molar-refractivity contribution is 5.99. The molecule has 4 rings (SSSR count). The maximum atomic E-state index is 12.5. The van der Waals surface area contributed by atoms with Gasteiger partial charge in [0.25, 0.3) is 17.7 Å². The Morgan fingerprint density at radius 1 is 0.486 bits per heavy atom. The van der Waals surface area contributed by atoms with Crippen LogP contribution in [0.3, 0.4) is 0 Å². The van der Waals surface area contributed by atoms with Gasteiger partial charge in [-0.05, 0) is 55.7 Å². The summed E-state index contributed by atoms with van der Waals surface area (Å²) in [6.07, 6.45) is -4.10. The van der Waals surface area contributed by atoms with Crippen molar-refractivity contribution in [3.63, 3.8) is 0 Å². The Morgan fingerprint density at radius 3 is 1.17 bits per heavy atom. The number of nitrogens with one attached hydrogen (secondary N) is 6. The molecule has 1 heterocycles. The Balaban J connectivity index is 1.27. The molecule has 24 nitrogen and oxygen atoms in total. The third-order valence-electron chi connectivity index (χ3n) is 10.6. The summed E-state index contributed by atoms with van der Waals surface area (Å²) in [5.41, 5.74) is -0.440. The molecule has 0 bridgehead atoms. The molecule has 0 aliphatic carbocycles. The minimum atomic E-state index is -1.04. The summed E-state index contributed by atoms with van der Waals surface area (Å²) in [6, 6.07) is 11.8. The second-order valence-electron chi connectivity index (χ2n) is 15.6. The number of hydrogen-bond donors (Lipinski definition) is 13. The molecule has 24 heteroatoms. The fraction of sp³-hybridized carbons (Fsp3) is 0.478. The molecule has 1 saturated heterocycles. The number of aliphatic hydroxyl groups excluding tert-OH is 1. The Morgan fingerprint density at radius 2 is 0.829 bits per heavy atom. The van der Waals surface area contributed by atoms with E-state index < -0.39 is 89.5 Å². The van der Waals surface area contributed by atoms with Crippen molar-refractivity contribution in [3.05, 3.63) is 71.3 Å². The second kappa shape index (κ2) is 29.2. The van der Waals surface area contributed by atoms with E-state index in [1.54, 1.807) is 0 Å². The molecule has 0 unspecified atom stereocenters. The zero-order chi connectivity index (χ0) is 51.0. The molecule has 0 radical (unpaired) electrons. The van der Waals surface area contributed by atoms with Gasteiger partial charge in [-0.25, -0.2) is 0 Å². The van der Waals surface area contributed by atoms with Gasteiger partial charge in [0.1, 0.15) is 24.4 Å². The third kappa shape index (κ3) is 17.2. The molecule has 0 saturated carbocycles. The third-order valence-corrected chi connectivity index (χ3v) is 10.6. The highest BCUT2D eigenvalue weighted by atomic mass is 16.7. The molecular weight excluding hydrogens is 925 g/mol. The van der Waals surface area contributed by atoms with Crippen LogP contribution < -0.4 is 31.9 Å². The molecule has 13 N–H and O–H groups in total. The predicted molar refractivity (Wildman–Crippen MR) is 245 cm³/mol. The molecule has 1 aliphatic heterocycles. The molecule has 70 heavy (non-hydrogen) atoms. The van der Waals surface area contributed by atoms with Crippen molar-refractivity contribution in [2.45, 2.75) is 69.2 Å². The van der Waals surface area contributed by atoms with Crippen LogP contribution in [0, 0.1) is 0 Å². The molecule has 1 aliphatic rings. The first kappa shape index (κ1) is 55.6. The summed E-state index contributed by atoms with van der Waals surface area (Å²) in [5, 5.41) is 84.8. The average Bonchev–Trinajstić information content (AvgIpc) is 3.33. The summed E-state index contributed by atoms with van der Waals surface area (Å²) in [6.45, 7) is 0.0467. The van der Waals surface area contributed by atoms with E-state index in [0.29, 0.717) is 19.3 Å². The van der Waals surface area contributed by atoms with Gasteiger partial charge in [-0.3, -0.25) is 28.8 Å². The molecule has 5 atom stereocenters. The molecule has 384 valence electrons. The van der Waals surface area contributed by atoms with Gasteiger partial charge < -0.3 is 91.3 Å². The van der Waals surface area contributed by atoms with Crippen molar-refractivity contribution in [3.8, 4) is 34.5 Å². The van der Waals surface area contributed by atoms with Crippen LogP contribution in [0.4, 0.5) is 0 Å². The van der Waals surface area contributed by atoms with Crippen molar-refractivity contribution < 1.29 is 88.2 Å². The predicted octanol–water partition coefficient (Wildman–Crippen LogP) is -0.282. The number of aliphatic hydroxyl groups is 1. The number of hydrogen-bond acceptors (Lipinski definition) is 18. The lowest BCUT2D eigenvalue weighted by atomic mass is 9.98. The highest BCUT2D eigenvalue weighted by Crippen LogP contribution is 2.31. The monoisotopic (exact) mass is 986 g/mol. The molecule has 1 fully saturated rings. The lowest BCUT2D eigenvalue weighted by molar-refractivity contribution is -0.316. The maximum absolute atomic E-state index is 12.5. The quantitative estimate of drug-likeness (QED) is 0.0314. The number of carbonyl (C=O) groups is 6. The normalized spacial score (nSPS) is 17.5. The number of methoxy groups -OCH3 is 1. The van der Waals surface area contributed by atoms with Gasteiger partial charge in [-0.2, -0.15) is 0 Å². The van der Waals surface area contributed by atoms with Gasteiger partial charge in [-0.1, -0.05) is 18.2 Å². The largest absolute Gasteiger partial charge is 0.504 e. The van der Waals surface area contributed by atoms with Crippen LogP contribution in [0.15, 0.2) is 54.6 Å². The minimum Gasteiger partial charge on any atom is -0.504 e. The van der Waals surface area contributed by atoms with Gasteiger partial charge in [0.15, 0.2) is 40.8 Å². The summed E-state index contributed by atoms with van der Waals surface area (Å²) in [7, 11) is 1.38. The van der Waals surface area contributed by atoms with E-state index in [9.17, 15) is 64.5 Å². The summed E-state index contributed by atoms with van der Waals surface area (Å²) in [4.78, 5) is 74.7. The second-order valence-corrected chi connectivity index (χ2v) is 15.6. The van der Waals surface area contributed by atoms with E-state index in [2.05, 4.69) is 31.9 Å². The smallest absolute Gasteiger partial charge is 0.255 e. The minimum absolute atomic E-state index is 0.0472. The Hall–Kier alpha value is -6.96. The lowest BCUT2D eigenvalue weighted by Crippen LogP contribution is -2.61. The summed E-state index contributed by atoms with van der Waals surface area (Å²) in [5.74, 6) is -6.27. The van der Waals surface area contributed by atoms with Crippen LogP contribution in [0.2, 0.25) is 0 Å². The van der Waals surface area contributed by atoms with Gasteiger partial charge in [0, 0.05) is 85.5 Å². The van der Waals surface area contributed by atoms with Crippen LogP contribution in [0.5, 0.6) is 34.5 Å². The van der Waals surface area contributed by atoms with Crippen molar-refractivity contribution in [1.82, 2.24) is 31.9 Å². The van der Waals surface area contributed by atoms with Crippen LogP contribution in [-0.4, -0.2) is 175 Å². The number of para-hydroxylation sites is 3. The number of phenolic OH excluding ortho intramolecular Hbond substituents is 6. The molecular formula is C46H62N6O18. The van der Waals surface area contributed by atoms with Crippen molar-refractivity contribution in [2.24, 2.45) is 0 Å². The van der Waals surface area contributed by atoms with Crippen LogP contribution >= 0.6 is 0 Å². The summed E-state index contributed by atoms with van der Waals surface area (Å²) < 4.78 is 30.3. The first-order valence-corrected chi connectivity index (χ1v) is 22.5. The van der Waals surface area contributed by atoms with E-state index in [0.717, 1.165) is 0 Å². The number of carbonyl (C=O) groups excluding carboxylic acids is 6. The van der Waals surface area contributed by atoms with Crippen molar-refractivity contribution >= 4 is 35.4 Å². The van der Waals surface area contributed by atoms with Gasteiger partial charge in [0.2, 0.25) is 17.7 Å². The molecule has 3 aromatic carbocycles. The SMILES string of the molecule is CO[C@H]1O[C@H](CO)[C@@H](OCCCNC(=O)CCNC(=O)c2cccc(O)c2O)[C@H](OCCCNC(=O)CCNC(=O)c2cccc(O)c2O)[C@H]1OCCCNC(=O)CCNC(=O)c1cccc(O)c1O. The molecule has 6 amide bonds. The van der Waals surface area contributed by atoms with Crippen LogP contribution in [-0.2, 0) is 38.1 Å². The molecule has 0 aromatic heterocycles. The van der Waals surface area contributed by atoms with E-state index in [1.165, 1.54) is 61.7 Å². The number of amides is 6. The Bertz CT molecular complexity index is 2110. The summed E-state index contributed by atoms with van der Waals surface area (Å²) >= 11 is 0. The maximum Gasteiger partial charge on any atom is 0.255 e. The van der Waals surface area contributed by atoms with Crippen LogP contribution in [0.25, 0.3) is 0 Å². The van der Waals surface area contributed by atoms with E-state index >= 15 is 0 Å². The number of ether oxygens (including phenoxy) is 5. The van der Waals surface area contributed by atoms with Crippen molar-refractivity contribution in [2.75, 3.05) is 72.8 Å². The van der Waals surface area contributed by atoms with Gasteiger partial charge in [0.05, 0.1) is 23.3 Å². The van der Waals surface area contributed by atoms with Crippen molar-refractivity contribution in [1.29, 1.82) is 0 Å². The number of aromatic hydroxyl groups is 6. The first-order chi connectivity index (χ1) is 33.7. The van der Waals surface area contributed by atoms with Gasteiger partial charge >= 0.3 is 0 Å². The average molecular weight is 987 g/mol. The topological polar surface area (TPSA) is 362 Å². The Labute approximate surface area is 402 Å². The van der Waals surface area contributed by atoms with Gasteiger partial charge in [-0.15, -0.1) is 0 Å². The fourth-order valence-corrected chi connectivity index (χ4v) is 6.90. The van der Waals surface area contributed by atoms with E-state index in [4.69, 9.17) is 23.7 Å². The number of benzene rings is 3. The highest BCUT2D eigenvalue weighted by Gasteiger charge is 2.48. The standard InChI is InChI=1S/C46H62N6O18/c1-66-46-42(69-25-7-19-49-36(59)16-22-52-45(65)29-10-4-13-32(56)39(29)62)41(68-24-6-18-48-35(58)15-21-51-44(64)28-9-3-12-31(55)38(28)61)40(33(26-53)70-46)67-23-5-17-47-34(57)14-20-50-43(63)27-8-2-11-30(54)37(27)60/h2-4,8-13,33,40-42,46,53-56,60-62H,5-7,14-26H2,1H3,(H,47,57)(H,48,58)(H,49,59)(H,50,63)(H,51,64)(H,52,65)/t33-,40-,41+,42-,46+/m1/s1. The number of rotatable bonds is 29.